The molecule has 14 atom stereocenters. The van der Waals surface area contributed by atoms with Crippen LogP contribution in [0.15, 0.2) is 36.4 Å². The van der Waals surface area contributed by atoms with Gasteiger partial charge in [0.15, 0.2) is 80.1 Å². The van der Waals surface area contributed by atoms with Crippen molar-refractivity contribution in [2.45, 2.75) is 224 Å². The molecule has 2 unspecified atom stereocenters. The van der Waals surface area contributed by atoms with Crippen molar-refractivity contribution in [3.63, 3.8) is 0 Å². The van der Waals surface area contributed by atoms with Crippen LogP contribution in [0, 0.1) is 39.0 Å². The molecule has 14 aliphatic heterocycles. The van der Waals surface area contributed by atoms with Crippen LogP contribution in [0.2, 0.25) is 0 Å². The SMILES string of the molecule is C.C.C.COc1cc2c(cc1OC(=O)OC(C)(C)C)CCN[C@]21CS[C@@H]2c3c(OC(C)=O)c(C)c4c(c3[C@H](COC1=O)N1C2[C@H]2c3c(cc(C)c(OC)c3O)C[C@@H]([C@@H]1C#N)N2C)OCO4.COc1cc2c(cc1OC(=O)OC(C)(C)C)CCN[C@]21CS[C@@H]2c3c(OC(C)=O)c(C)c4c(c3[C@H](COC1=O)N1C2[C@H]2c3c(cc(C)c(OC)c3O)C[C@@H]([C@@H]1O)N2C)OCO4. The highest BCUT2D eigenvalue weighted by Crippen LogP contribution is 2.68. The van der Waals surface area contributed by atoms with Crippen molar-refractivity contribution in [1.82, 2.24) is 30.2 Å². The van der Waals surface area contributed by atoms with E-state index in [0.717, 1.165) is 33.4 Å². The van der Waals surface area contributed by atoms with Crippen molar-refractivity contribution >= 4 is 59.7 Å². The predicted molar refractivity (Wildman–Crippen MR) is 463 cm³/mol. The summed E-state index contributed by atoms with van der Waals surface area (Å²) in [6.07, 6.45) is -0.991. The van der Waals surface area contributed by atoms with Gasteiger partial charge in [-0.3, -0.25) is 39.8 Å². The molecular weight excluding hydrogens is 1670 g/mol. The van der Waals surface area contributed by atoms with Gasteiger partial charge in [0.05, 0.1) is 75.2 Å². The number of aryl methyl sites for hydroxylation is 2. The quantitative estimate of drug-likeness (QED) is 0.0409. The van der Waals surface area contributed by atoms with E-state index in [4.69, 9.17) is 75.8 Å². The fraction of sp³-hybridized carbons (Fsp3) is 0.533. The Hall–Kier alpha value is -10.3. The highest BCUT2D eigenvalue weighted by Gasteiger charge is 2.65. The summed E-state index contributed by atoms with van der Waals surface area (Å²) in [5, 5.41) is 53.9. The van der Waals surface area contributed by atoms with Gasteiger partial charge in [0.25, 0.3) is 0 Å². The Morgan fingerprint density at radius 3 is 1.31 bits per heavy atom. The molecule has 0 saturated carbocycles. The molecule has 4 saturated heterocycles. The molecule has 0 aromatic heterocycles. The standard InChI is InChI=1S/C45H50N4O12S.C44H51N3O13S.3CH4/c1-20-12-24-13-26-27(16-46)49-28-17-56-42(52)45(25-15-29(54-8)30(14-23(25)10-11-47-45)60-43(53)61-44(4,5)6)18-62-41(35(49)34(48(26)7)31(24)36(51)37(20)55-9)33-32(28)40-39(57-19-58-40)21(2)38(33)59-22(3)50;1-19-12-23-13-25-40(50)47-26-16-55-41(51)44(24-15-27(53-8)28(14-22(24)10-11-45-44)59-42(52)60-43(4,5)6)17-61-39(33(47)32(46(25)7)29(23)34(49)35(19)54-9)31-30(26)38-37(56-18-57-38)20(2)36(31)58-21(3)48;;;/h12,14-15,26-28,34-35,41,47,51H,10-11,13,17-19H2,1-9H3;12,14-15,25-26,32-33,39-40,45,49-50H,10-11,13,16-18H2,1-9H3;3*1H4/t26-,27-,28-,34+,35?,41+,45+;25-,26-,32+,33?,39+,40-,44+;;;/m00.../s1. The van der Waals surface area contributed by atoms with Crippen LogP contribution < -0.4 is 67.5 Å². The summed E-state index contributed by atoms with van der Waals surface area (Å²) in [5.74, 6) is 1.79. The molecule has 14 heterocycles. The number of rotatable bonds is 8. The number of aliphatic hydroxyl groups excluding tert-OH is 1. The highest BCUT2D eigenvalue weighted by atomic mass is 32.2. The molecule has 8 bridgehead atoms. The second-order valence-corrected chi connectivity index (χ2v) is 37.4. The molecule has 2 spiro atoms. The number of hydrogen-bond acceptors (Lipinski definition) is 34. The number of thioether (sulfide) groups is 2. The fourth-order valence-corrected chi connectivity index (χ4v) is 24.4. The highest BCUT2D eigenvalue weighted by molar-refractivity contribution is 7.99. The van der Waals surface area contributed by atoms with Crippen molar-refractivity contribution < 1.29 is 120 Å². The summed E-state index contributed by atoms with van der Waals surface area (Å²) in [4.78, 5) is 90.2. The Balaban J connectivity index is 0.000000200. The van der Waals surface area contributed by atoms with Gasteiger partial charge < -0.3 is 91.1 Å². The summed E-state index contributed by atoms with van der Waals surface area (Å²) in [6.45, 7) is 20.7. The zero-order chi connectivity index (χ0) is 87.6. The number of phenols is 2. The molecular formula is C92H113N7O25S2. The first-order valence-electron chi connectivity index (χ1n) is 41.0. The number of phenolic OH excluding ortho intramolecular Hbond substituents is 2. The minimum Gasteiger partial charge on any atom is -0.504 e. The van der Waals surface area contributed by atoms with Crippen LogP contribution in [0.5, 0.6) is 80.5 Å². The number of nitrogens with one attached hydrogen (secondary N) is 2. The fourth-order valence-electron chi connectivity index (χ4n) is 21.0. The third kappa shape index (κ3) is 14.7. The first kappa shape index (κ1) is 91.8. The van der Waals surface area contributed by atoms with E-state index in [1.165, 1.54) is 65.8 Å². The number of fused-ring (bicyclic) bond motifs is 18. The third-order valence-corrected chi connectivity index (χ3v) is 28.8. The number of benzene rings is 6. The van der Waals surface area contributed by atoms with Crippen LogP contribution in [0.1, 0.15) is 201 Å². The van der Waals surface area contributed by atoms with Crippen molar-refractivity contribution in [3.05, 3.63) is 125 Å². The first-order valence-corrected chi connectivity index (χ1v) is 43.1. The number of ether oxygens (including phenoxy) is 16. The largest absolute Gasteiger partial charge is 0.514 e. The van der Waals surface area contributed by atoms with E-state index in [9.17, 15) is 44.6 Å². The summed E-state index contributed by atoms with van der Waals surface area (Å²) in [5.41, 5.74) is 6.55. The van der Waals surface area contributed by atoms with E-state index in [1.54, 1.807) is 65.8 Å². The van der Waals surface area contributed by atoms with E-state index in [1.807, 2.05) is 58.8 Å². The molecule has 6 aromatic carbocycles. The lowest BCUT2D eigenvalue weighted by atomic mass is 9.71. The number of aromatic hydroxyl groups is 2. The Labute approximate surface area is 741 Å². The van der Waals surface area contributed by atoms with Crippen molar-refractivity contribution in [2.24, 2.45) is 0 Å². The zero-order valence-electron chi connectivity index (χ0n) is 71.8. The Morgan fingerprint density at radius 1 is 0.516 bits per heavy atom. The summed E-state index contributed by atoms with van der Waals surface area (Å²) in [7, 11) is 9.89. The maximum Gasteiger partial charge on any atom is 0.514 e. The van der Waals surface area contributed by atoms with E-state index in [0.29, 0.717) is 140 Å². The summed E-state index contributed by atoms with van der Waals surface area (Å²) in [6, 6.07) is 8.20. The smallest absolute Gasteiger partial charge is 0.504 e. The van der Waals surface area contributed by atoms with Gasteiger partial charge in [-0.2, -0.15) is 5.26 Å². The van der Waals surface area contributed by atoms with Gasteiger partial charge in [0.1, 0.15) is 48.2 Å². The monoisotopic (exact) mass is 1780 g/mol. The molecule has 34 heteroatoms. The number of carbonyl (C=O) groups excluding carboxylic acids is 6. The molecule has 0 amide bonds. The number of nitriles is 1. The molecule has 678 valence electrons. The van der Waals surface area contributed by atoms with Gasteiger partial charge in [-0.25, -0.2) is 19.2 Å². The molecule has 32 nitrogen and oxygen atoms in total. The summed E-state index contributed by atoms with van der Waals surface area (Å²) < 4.78 is 95.1. The number of esters is 4. The molecule has 4 fully saturated rings. The van der Waals surface area contributed by atoms with Crippen molar-refractivity contribution in [1.29, 1.82) is 5.26 Å². The Kier molecular flexibility index (Phi) is 24.8. The van der Waals surface area contributed by atoms with Gasteiger partial charge in [0.2, 0.25) is 13.6 Å². The van der Waals surface area contributed by atoms with E-state index in [-0.39, 0.29) is 101 Å². The van der Waals surface area contributed by atoms with Crippen LogP contribution >= 0.6 is 23.5 Å². The van der Waals surface area contributed by atoms with Gasteiger partial charge in [-0.1, -0.05) is 34.4 Å². The van der Waals surface area contributed by atoms with E-state index < -0.39 is 124 Å². The van der Waals surface area contributed by atoms with Crippen LogP contribution in [0.3, 0.4) is 0 Å². The second kappa shape index (κ2) is 34.0. The number of methoxy groups -OCH3 is 4. The number of aliphatic hydroxyl groups is 1. The van der Waals surface area contributed by atoms with Crippen molar-refractivity contribution in [3.8, 4) is 86.6 Å². The normalized spacial score (nSPS) is 26.7. The number of carbonyl (C=O) groups is 6. The van der Waals surface area contributed by atoms with Crippen LogP contribution in [-0.2, 0) is 74.9 Å². The maximum absolute atomic E-state index is 15.0. The molecule has 6 aromatic rings. The average Bonchev–Trinajstić information content (AvgIpc) is 0.959. The predicted octanol–water partition coefficient (Wildman–Crippen LogP) is 12.5. The molecule has 0 aliphatic carbocycles. The van der Waals surface area contributed by atoms with E-state index in [2.05, 4.69) is 31.4 Å². The zero-order valence-corrected chi connectivity index (χ0v) is 73.4. The molecule has 20 rings (SSSR count). The minimum absolute atomic E-state index is 0. The Bertz CT molecular complexity index is 5490. The lowest BCUT2D eigenvalue weighted by Gasteiger charge is -2.62. The van der Waals surface area contributed by atoms with Gasteiger partial charge >= 0.3 is 36.2 Å². The minimum atomic E-state index is -1.45. The number of hydrogen-bond donors (Lipinski definition) is 5. The van der Waals surface area contributed by atoms with Crippen LogP contribution in [0.4, 0.5) is 9.59 Å². The number of nitrogens with zero attached hydrogens (tertiary/aromatic N) is 5. The lowest BCUT2D eigenvalue weighted by molar-refractivity contribution is -0.186. The summed E-state index contributed by atoms with van der Waals surface area (Å²) >= 11 is 2.90. The number of likely N-dealkylation sites (N-methyl/N-ethyl adjacent to an activating group) is 2. The van der Waals surface area contributed by atoms with Crippen LogP contribution in [-0.4, -0.2) is 213 Å². The molecule has 0 radical (unpaired) electrons. The van der Waals surface area contributed by atoms with Gasteiger partial charge in [-0.15, -0.1) is 23.5 Å². The lowest BCUT2D eigenvalue weighted by Crippen LogP contribution is -2.70. The second-order valence-electron chi connectivity index (χ2n) is 35.1. The molecule has 5 N–H and O–H groups in total. The number of piperazine rings is 2. The molecule has 14 aliphatic rings. The van der Waals surface area contributed by atoms with Gasteiger partial charge in [0, 0.05) is 101 Å². The van der Waals surface area contributed by atoms with Crippen LogP contribution in [0.25, 0.3) is 0 Å². The van der Waals surface area contributed by atoms with Gasteiger partial charge in [-0.05, 0) is 178 Å². The van der Waals surface area contributed by atoms with Crippen molar-refractivity contribution in [2.75, 3.05) is 93.9 Å². The maximum atomic E-state index is 15.0. The molecule has 126 heavy (non-hydrogen) atoms. The topological polar surface area (TPSA) is 372 Å². The third-order valence-electron chi connectivity index (χ3n) is 25.8. The van der Waals surface area contributed by atoms with E-state index >= 15 is 4.79 Å². The first-order chi connectivity index (χ1) is 58.5. The average molecular weight is 1780 g/mol. The Morgan fingerprint density at radius 2 is 0.913 bits per heavy atom.